The predicted octanol–water partition coefficient (Wildman–Crippen LogP) is 3.44. The van der Waals surface area contributed by atoms with Crippen molar-refractivity contribution in [3.8, 4) is 11.4 Å². The van der Waals surface area contributed by atoms with E-state index in [-0.39, 0.29) is 11.8 Å². The number of rotatable bonds is 2. The van der Waals surface area contributed by atoms with Crippen LogP contribution in [0.15, 0.2) is 35.0 Å². The average molecular weight is 388 g/mol. The molecule has 0 fully saturated rings. The van der Waals surface area contributed by atoms with Gasteiger partial charge in [-0.1, -0.05) is 29.4 Å². The van der Waals surface area contributed by atoms with Gasteiger partial charge in [0.05, 0.1) is 0 Å². The molecule has 0 saturated heterocycles. The van der Waals surface area contributed by atoms with Crippen molar-refractivity contribution in [1.82, 2.24) is 20.0 Å². The Morgan fingerprint density at radius 2 is 1.97 bits per heavy atom. The van der Waals surface area contributed by atoms with E-state index < -0.39 is 0 Å². The second kappa shape index (κ2) is 7.10. The number of carbonyl (C=O) groups is 1. The smallest absolute Gasteiger partial charge is 0.226 e. The minimum atomic E-state index is 0.0733. The summed E-state index contributed by atoms with van der Waals surface area (Å²) in [7, 11) is 0. The van der Waals surface area contributed by atoms with Crippen molar-refractivity contribution in [2.24, 2.45) is 5.92 Å². The molecule has 2 aromatic heterocycles. The minimum absolute atomic E-state index is 0.0733. The molecule has 0 bridgehead atoms. The van der Waals surface area contributed by atoms with E-state index in [1.807, 2.05) is 18.0 Å². The molecule has 2 aliphatic rings. The van der Waals surface area contributed by atoms with Crippen LogP contribution in [0.5, 0.6) is 0 Å². The molecule has 3 heterocycles. The number of hydrogen-bond donors (Lipinski definition) is 0. The highest BCUT2D eigenvalue weighted by molar-refractivity contribution is 5.80. The van der Waals surface area contributed by atoms with E-state index >= 15 is 0 Å². The van der Waals surface area contributed by atoms with Crippen LogP contribution in [0.2, 0.25) is 0 Å². The molecule has 0 saturated carbocycles. The van der Waals surface area contributed by atoms with Crippen LogP contribution in [0.25, 0.3) is 11.4 Å². The summed E-state index contributed by atoms with van der Waals surface area (Å²) in [6, 6.07) is 8.49. The molecule has 5 rings (SSSR count). The number of aromatic nitrogens is 3. The van der Waals surface area contributed by atoms with E-state index in [9.17, 15) is 4.79 Å². The standard InChI is InChI=1S/C23H24N4O2/c1-14-21(22-25-15(2)29-26-22)20-9-10-27(13-19(20)12-24-14)23(28)18-8-7-16-5-3-4-6-17(16)11-18/h3-6,12,18H,7-11,13H2,1-2H3. The van der Waals surface area contributed by atoms with Crippen LogP contribution >= 0.6 is 0 Å². The second-order valence-corrected chi connectivity index (χ2v) is 8.08. The van der Waals surface area contributed by atoms with E-state index in [0.29, 0.717) is 18.3 Å². The van der Waals surface area contributed by atoms with Crippen LogP contribution in [0.4, 0.5) is 0 Å². The molecule has 1 amide bonds. The highest BCUT2D eigenvalue weighted by Gasteiger charge is 2.31. The number of benzene rings is 1. The SMILES string of the molecule is Cc1nc(-c2c(C)ncc3c2CCN(C(=O)C2CCc4ccccc4C2)C3)no1. The van der Waals surface area contributed by atoms with E-state index in [1.54, 1.807) is 6.92 Å². The van der Waals surface area contributed by atoms with Gasteiger partial charge in [-0.2, -0.15) is 4.98 Å². The first-order valence-electron chi connectivity index (χ1n) is 10.2. The van der Waals surface area contributed by atoms with Gasteiger partial charge in [-0.05, 0) is 54.9 Å². The van der Waals surface area contributed by atoms with Crippen molar-refractivity contribution in [2.75, 3.05) is 6.54 Å². The summed E-state index contributed by atoms with van der Waals surface area (Å²) < 4.78 is 5.18. The quantitative estimate of drug-likeness (QED) is 0.672. The number of fused-ring (bicyclic) bond motifs is 2. The summed E-state index contributed by atoms with van der Waals surface area (Å²) in [5, 5.41) is 4.10. The zero-order chi connectivity index (χ0) is 20.0. The van der Waals surface area contributed by atoms with Crippen LogP contribution in [0.1, 0.15) is 40.3 Å². The third-order valence-electron chi connectivity index (χ3n) is 6.22. The number of amides is 1. The van der Waals surface area contributed by atoms with E-state index in [1.165, 1.54) is 16.7 Å². The maximum absolute atomic E-state index is 13.3. The molecule has 1 aromatic carbocycles. The molecule has 0 spiro atoms. The zero-order valence-electron chi connectivity index (χ0n) is 16.8. The van der Waals surface area contributed by atoms with E-state index in [2.05, 4.69) is 39.4 Å². The molecular weight excluding hydrogens is 364 g/mol. The van der Waals surface area contributed by atoms with Crippen LogP contribution in [0, 0.1) is 19.8 Å². The van der Waals surface area contributed by atoms with Gasteiger partial charge in [-0.25, -0.2) is 0 Å². The van der Waals surface area contributed by atoms with Crippen molar-refractivity contribution in [2.45, 2.75) is 46.1 Å². The van der Waals surface area contributed by atoms with E-state index in [4.69, 9.17) is 4.52 Å². The van der Waals surface area contributed by atoms with Crippen LogP contribution in [0.3, 0.4) is 0 Å². The topological polar surface area (TPSA) is 72.1 Å². The summed E-state index contributed by atoms with van der Waals surface area (Å²) in [6.07, 6.45) is 5.45. The average Bonchev–Trinajstić information content (AvgIpc) is 3.18. The van der Waals surface area contributed by atoms with Crippen LogP contribution in [-0.4, -0.2) is 32.5 Å². The van der Waals surface area contributed by atoms with Gasteiger partial charge in [0.2, 0.25) is 17.6 Å². The number of pyridine rings is 1. The lowest BCUT2D eigenvalue weighted by Crippen LogP contribution is -2.41. The molecule has 0 radical (unpaired) electrons. The monoisotopic (exact) mass is 388 g/mol. The van der Waals surface area contributed by atoms with Gasteiger partial charge >= 0.3 is 0 Å². The molecule has 6 nitrogen and oxygen atoms in total. The van der Waals surface area contributed by atoms with Gasteiger partial charge in [0.25, 0.3) is 0 Å². The van der Waals surface area contributed by atoms with Gasteiger partial charge in [0.15, 0.2) is 0 Å². The summed E-state index contributed by atoms with van der Waals surface area (Å²) in [5.74, 6) is 1.47. The molecule has 1 unspecified atom stereocenters. The lowest BCUT2D eigenvalue weighted by Gasteiger charge is -2.34. The van der Waals surface area contributed by atoms with Crippen LogP contribution in [-0.2, 0) is 30.6 Å². The number of carbonyl (C=O) groups excluding carboxylic acids is 1. The van der Waals surface area contributed by atoms with Crippen molar-refractivity contribution in [3.05, 3.63) is 64.3 Å². The lowest BCUT2D eigenvalue weighted by molar-refractivity contribution is -0.136. The summed E-state index contributed by atoms with van der Waals surface area (Å²) in [6.45, 7) is 5.08. The fourth-order valence-electron chi connectivity index (χ4n) is 4.70. The van der Waals surface area contributed by atoms with Gasteiger partial charge in [-0.3, -0.25) is 9.78 Å². The maximum atomic E-state index is 13.3. The first kappa shape index (κ1) is 18.0. The minimum Gasteiger partial charge on any atom is -0.339 e. The largest absolute Gasteiger partial charge is 0.339 e. The lowest BCUT2D eigenvalue weighted by atomic mass is 9.82. The Bertz CT molecular complexity index is 1090. The Kier molecular flexibility index (Phi) is 4.42. The molecule has 6 heteroatoms. The molecule has 1 aliphatic heterocycles. The number of aryl methyl sites for hydroxylation is 3. The van der Waals surface area contributed by atoms with Gasteiger partial charge in [0, 0.05) is 43.4 Å². The summed E-state index contributed by atoms with van der Waals surface area (Å²) >= 11 is 0. The fraction of sp³-hybridized carbons (Fsp3) is 0.391. The maximum Gasteiger partial charge on any atom is 0.226 e. The first-order valence-corrected chi connectivity index (χ1v) is 10.2. The fourth-order valence-corrected chi connectivity index (χ4v) is 4.70. The highest BCUT2D eigenvalue weighted by Crippen LogP contribution is 2.32. The number of hydrogen-bond acceptors (Lipinski definition) is 5. The molecule has 1 aliphatic carbocycles. The zero-order valence-corrected chi connectivity index (χ0v) is 16.8. The molecule has 1 atom stereocenters. The molecular formula is C23H24N4O2. The Morgan fingerprint density at radius 3 is 2.76 bits per heavy atom. The third kappa shape index (κ3) is 3.22. The van der Waals surface area contributed by atoms with Crippen molar-refractivity contribution >= 4 is 5.91 Å². The van der Waals surface area contributed by atoms with Gasteiger partial charge in [0.1, 0.15) is 0 Å². The van der Waals surface area contributed by atoms with Crippen LogP contribution < -0.4 is 0 Å². The Hall–Kier alpha value is -3.02. The van der Waals surface area contributed by atoms with Gasteiger partial charge in [-0.15, -0.1) is 0 Å². The predicted molar refractivity (Wildman–Crippen MR) is 108 cm³/mol. The molecule has 29 heavy (non-hydrogen) atoms. The molecule has 0 N–H and O–H groups in total. The normalized spacial score (nSPS) is 18.3. The number of nitrogens with zero attached hydrogens (tertiary/aromatic N) is 4. The first-order chi connectivity index (χ1) is 14.1. The van der Waals surface area contributed by atoms with Crippen molar-refractivity contribution in [1.29, 1.82) is 0 Å². The Balaban J connectivity index is 1.38. The molecule has 148 valence electrons. The Morgan fingerprint density at radius 1 is 1.14 bits per heavy atom. The van der Waals surface area contributed by atoms with Crippen molar-refractivity contribution in [3.63, 3.8) is 0 Å². The van der Waals surface area contributed by atoms with E-state index in [0.717, 1.165) is 49.0 Å². The van der Waals surface area contributed by atoms with Crippen molar-refractivity contribution < 1.29 is 9.32 Å². The third-order valence-corrected chi connectivity index (χ3v) is 6.22. The summed E-state index contributed by atoms with van der Waals surface area (Å²) in [4.78, 5) is 24.2. The second-order valence-electron chi connectivity index (χ2n) is 8.08. The Labute approximate surface area is 170 Å². The highest BCUT2D eigenvalue weighted by atomic mass is 16.5. The summed E-state index contributed by atoms with van der Waals surface area (Å²) in [5.41, 5.74) is 6.84. The molecule has 3 aromatic rings. The van der Waals surface area contributed by atoms with Gasteiger partial charge < -0.3 is 9.42 Å².